The van der Waals surface area contributed by atoms with Gasteiger partial charge >= 0.3 is 0 Å². The third kappa shape index (κ3) is 5.39. The summed E-state index contributed by atoms with van der Waals surface area (Å²) in [6.45, 7) is 0. The number of nitrogens with zero attached hydrogens (tertiary/aromatic N) is 3. The largest absolute Gasteiger partial charge is 0.310 e. The topological polar surface area (TPSA) is 22.8 Å². The van der Waals surface area contributed by atoms with Crippen LogP contribution in [0.1, 0.15) is 17.7 Å². The SMILES string of the molecule is C1=Cc2c(c3cc(-c4ccc5c6ccccc6n(-c6ccc(-c7cc(-c8ccccc8)nc(-c8ccccc8)c7)cc6)c5c4)ccc3n2-c2ccccc2)CC1. The van der Waals surface area contributed by atoms with E-state index in [4.69, 9.17) is 4.98 Å². The number of pyridine rings is 1. The van der Waals surface area contributed by atoms with Crippen LogP contribution in [0.25, 0.3) is 94.9 Å². The molecule has 0 amide bonds. The number of para-hydroxylation sites is 2. The summed E-state index contributed by atoms with van der Waals surface area (Å²) >= 11 is 0. The van der Waals surface area contributed by atoms with Crippen LogP contribution in [0, 0.1) is 0 Å². The van der Waals surface area contributed by atoms with Crippen LogP contribution in [0.3, 0.4) is 0 Å². The van der Waals surface area contributed by atoms with Gasteiger partial charge in [-0.15, -0.1) is 0 Å². The molecular weight excluding hydrogens is 679 g/mol. The Bertz CT molecular complexity index is 3040. The summed E-state index contributed by atoms with van der Waals surface area (Å²) in [7, 11) is 0. The number of hydrogen-bond acceptors (Lipinski definition) is 1. The highest BCUT2D eigenvalue weighted by Crippen LogP contribution is 2.39. The van der Waals surface area contributed by atoms with Gasteiger partial charge in [0, 0.05) is 44.4 Å². The molecule has 0 saturated heterocycles. The summed E-state index contributed by atoms with van der Waals surface area (Å²) in [5.74, 6) is 0. The van der Waals surface area contributed by atoms with Crippen molar-refractivity contribution in [1.29, 1.82) is 0 Å². The normalized spacial score (nSPS) is 12.4. The van der Waals surface area contributed by atoms with Crippen molar-refractivity contribution >= 4 is 38.8 Å². The van der Waals surface area contributed by atoms with Crippen LogP contribution in [0.2, 0.25) is 0 Å². The first-order valence-electron chi connectivity index (χ1n) is 19.4. The van der Waals surface area contributed by atoms with Crippen molar-refractivity contribution in [3.63, 3.8) is 0 Å². The van der Waals surface area contributed by atoms with E-state index in [0.29, 0.717) is 0 Å². The van der Waals surface area contributed by atoms with Crippen LogP contribution in [0.4, 0.5) is 0 Å². The lowest BCUT2D eigenvalue weighted by atomic mass is 9.97. The number of hydrogen-bond donors (Lipinski definition) is 0. The highest BCUT2D eigenvalue weighted by molar-refractivity contribution is 6.10. The molecule has 0 aliphatic heterocycles. The molecule has 0 fully saturated rings. The number of fused-ring (bicyclic) bond motifs is 6. The quantitative estimate of drug-likeness (QED) is 0.168. The molecule has 3 nitrogen and oxygen atoms in total. The average molecular weight is 716 g/mol. The minimum atomic E-state index is 0.966. The second-order valence-electron chi connectivity index (χ2n) is 14.7. The van der Waals surface area contributed by atoms with Crippen molar-refractivity contribution in [2.75, 3.05) is 0 Å². The highest BCUT2D eigenvalue weighted by atomic mass is 15.0. The van der Waals surface area contributed by atoms with Crippen molar-refractivity contribution in [1.82, 2.24) is 14.1 Å². The Morgan fingerprint density at radius 3 is 1.68 bits per heavy atom. The molecule has 3 heteroatoms. The number of aryl methyl sites for hydroxylation is 1. The second kappa shape index (κ2) is 13.3. The van der Waals surface area contributed by atoms with Crippen LogP contribution in [-0.4, -0.2) is 14.1 Å². The molecule has 0 N–H and O–H groups in total. The van der Waals surface area contributed by atoms with E-state index in [1.54, 1.807) is 0 Å². The van der Waals surface area contributed by atoms with Crippen LogP contribution < -0.4 is 0 Å². The Hall–Kier alpha value is -7.23. The molecule has 0 bridgehead atoms. The molecule has 3 heterocycles. The van der Waals surface area contributed by atoms with Crippen molar-refractivity contribution in [2.24, 2.45) is 0 Å². The summed E-state index contributed by atoms with van der Waals surface area (Å²) < 4.78 is 4.85. The number of allylic oxidation sites excluding steroid dienone is 1. The number of rotatable bonds is 6. The molecule has 0 radical (unpaired) electrons. The lowest BCUT2D eigenvalue weighted by Crippen LogP contribution is -1.99. The molecule has 0 spiro atoms. The van der Waals surface area contributed by atoms with Gasteiger partial charge in [-0.05, 0) is 107 Å². The Morgan fingerprint density at radius 2 is 0.946 bits per heavy atom. The van der Waals surface area contributed by atoms with Crippen LogP contribution in [-0.2, 0) is 6.42 Å². The Kier molecular flexibility index (Phi) is 7.63. The minimum Gasteiger partial charge on any atom is -0.310 e. The van der Waals surface area contributed by atoms with Gasteiger partial charge in [0.2, 0.25) is 0 Å². The van der Waals surface area contributed by atoms with Gasteiger partial charge in [-0.1, -0.05) is 133 Å². The van der Waals surface area contributed by atoms with E-state index in [0.717, 1.165) is 52.2 Å². The standard InChI is InChI=1S/C53H37N3/c1-4-14-37(15-5-1)48-33-41(34-49(54-48)38-16-6-2-7-17-38)36-24-28-43(29-25-36)56-50-22-12-10-20-44(50)46-30-26-40(35-53(46)56)39-27-31-52-47(32-39)45-21-11-13-23-51(45)55(52)42-18-8-3-9-19-42/h1-10,12-20,22-35H,11,21H2. The zero-order valence-electron chi connectivity index (χ0n) is 30.8. The van der Waals surface area contributed by atoms with E-state index in [1.807, 2.05) is 0 Å². The van der Waals surface area contributed by atoms with E-state index >= 15 is 0 Å². The first kappa shape index (κ1) is 32.2. The average Bonchev–Trinajstić information content (AvgIpc) is 3.79. The van der Waals surface area contributed by atoms with Crippen LogP contribution in [0.15, 0.2) is 194 Å². The molecule has 11 rings (SSSR count). The molecule has 7 aromatic carbocycles. The van der Waals surface area contributed by atoms with E-state index in [1.165, 1.54) is 60.8 Å². The van der Waals surface area contributed by atoms with E-state index in [9.17, 15) is 0 Å². The van der Waals surface area contributed by atoms with Crippen molar-refractivity contribution in [2.45, 2.75) is 12.8 Å². The van der Waals surface area contributed by atoms with Crippen molar-refractivity contribution in [3.05, 3.63) is 205 Å². The maximum absolute atomic E-state index is 5.10. The van der Waals surface area contributed by atoms with Gasteiger partial charge in [-0.25, -0.2) is 4.98 Å². The van der Waals surface area contributed by atoms with Crippen LogP contribution >= 0.6 is 0 Å². The second-order valence-corrected chi connectivity index (χ2v) is 14.7. The van der Waals surface area contributed by atoms with E-state index in [2.05, 4.69) is 209 Å². The Balaban J connectivity index is 1.03. The molecule has 3 aromatic heterocycles. The van der Waals surface area contributed by atoms with Gasteiger partial charge in [-0.2, -0.15) is 0 Å². The molecule has 1 aliphatic carbocycles. The lowest BCUT2D eigenvalue weighted by Gasteiger charge is -2.12. The molecular formula is C53H37N3. The summed E-state index contributed by atoms with van der Waals surface area (Å²) in [6.07, 6.45) is 6.73. The third-order valence-electron chi connectivity index (χ3n) is 11.4. The monoisotopic (exact) mass is 715 g/mol. The maximum atomic E-state index is 5.10. The van der Waals surface area contributed by atoms with Crippen molar-refractivity contribution in [3.8, 4) is 56.1 Å². The van der Waals surface area contributed by atoms with E-state index in [-0.39, 0.29) is 0 Å². The summed E-state index contributed by atoms with van der Waals surface area (Å²) in [6, 6.07) is 67.9. The molecule has 0 atom stereocenters. The molecule has 264 valence electrons. The summed E-state index contributed by atoms with van der Waals surface area (Å²) in [5, 5.41) is 3.84. The van der Waals surface area contributed by atoms with Gasteiger partial charge in [0.15, 0.2) is 0 Å². The molecule has 0 unspecified atom stereocenters. The molecule has 10 aromatic rings. The first-order valence-corrected chi connectivity index (χ1v) is 19.4. The fraction of sp³-hybridized carbons (Fsp3) is 0.0377. The minimum absolute atomic E-state index is 0.966. The van der Waals surface area contributed by atoms with Gasteiger partial charge in [0.1, 0.15) is 0 Å². The van der Waals surface area contributed by atoms with Crippen molar-refractivity contribution < 1.29 is 0 Å². The fourth-order valence-corrected chi connectivity index (χ4v) is 8.71. The van der Waals surface area contributed by atoms with Crippen LogP contribution in [0.5, 0.6) is 0 Å². The lowest BCUT2D eigenvalue weighted by molar-refractivity contribution is 0.967. The van der Waals surface area contributed by atoms with E-state index < -0.39 is 0 Å². The number of aromatic nitrogens is 3. The molecule has 0 saturated carbocycles. The molecule has 1 aliphatic rings. The Labute approximate surface area is 326 Å². The zero-order chi connectivity index (χ0) is 37.0. The number of benzene rings is 7. The maximum Gasteiger partial charge on any atom is 0.0715 e. The fourth-order valence-electron chi connectivity index (χ4n) is 8.71. The predicted octanol–water partition coefficient (Wildman–Crippen LogP) is 13.7. The van der Waals surface area contributed by atoms with Gasteiger partial charge in [-0.3, -0.25) is 0 Å². The highest BCUT2D eigenvalue weighted by Gasteiger charge is 2.20. The van der Waals surface area contributed by atoms with Gasteiger partial charge < -0.3 is 9.13 Å². The Morgan fingerprint density at radius 1 is 0.375 bits per heavy atom. The zero-order valence-corrected chi connectivity index (χ0v) is 30.8. The van der Waals surface area contributed by atoms with Gasteiger partial charge in [0.25, 0.3) is 0 Å². The third-order valence-corrected chi connectivity index (χ3v) is 11.4. The summed E-state index contributed by atoms with van der Waals surface area (Å²) in [4.78, 5) is 5.10. The first-order chi connectivity index (χ1) is 27.8. The van der Waals surface area contributed by atoms with Gasteiger partial charge in [0.05, 0.1) is 27.9 Å². The smallest absolute Gasteiger partial charge is 0.0715 e. The molecule has 56 heavy (non-hydrogen) atoms. The summed E-state index contributed by atoms with van der Waals surface area (Å²) in [5.41, 5.74) is 17.6. The predicted molar refractivity (Wildman–Crippen MR) is 235 cm³/mol.